The number of rotatable bonds is 3. The molecule has 1 aromatic carbocycles. The Bertz CT molecular complexity index is 841. The minimum Gasteiger partial charge on any atom is -0.495 e. The van der Waals surface area contributed by atoms with E-state index in [2.05, 4.69) is 18.1 Å². The molecule has 28 heavy (non-hydrogen) atoms. The molecule has 2 aliphatic carbocycles. The fourth-order valence-corrected chi connectivity index (χ4v) is 4.81. The molecular formula is C24H28N2O2. The zero-order chi connectivity index (χ0) is 19.5. The highest BCUT2D eigenvalue weighted by Crippen LogP contribution is 2.37. The molecule has 1 aliphatic heterocycles. The van der Waals surface area contributed by atoms with Crippen LogP contribution in [0.3, 0.4) is 0 Å². The molecule has 3 aliphatic rings. The molecule has 0 N–H and O–H groups in total. The smallest absolute Gasteiger partial charge is 0.247 e. The number of allylic oxidation sites excluding steroid dienone is 2. The van der Waals surface area contributed by atoms with Crippen molar-refractivity contribution in [3.8, 4) is 18.1 Å². The van der Waals surface area contributed by atoms with Crippen molar-refractivity contribution >= 4 is 11.6 Å². The number of hydrogen-bond acceptors (Lipinski definition) is 3. The number of terminal acetylenes is 1. The van der Waals surface area contributed by atoms with Gasteiger partial charge in [0, 0.05) is 5.92 Å². The van der Waals surface area contributed by atoms with Crippen molar-refractivity contribution in [1.82, 2.24) is 5.01 Å². The van der Waals surface area contributed by atoms with Crippen molar-refractivity contribution < 1.29 is 9.53 Å². The molecule has 4 nitrogen and oxygen atoms in total. The molecule has 146 valence electrons. The highest BCUT2D eigenvalue weighted by molar-refractivity contribution is 6.07. The van der Waals surface area contributed by atoms with E-state index in [0.717, 1.165) is 42.5 Å². The second-order valence-electron chi connectivity index (χ2n) is 8.03. The van der Waals surface area contributed by atoms with Gasteiger partial charge in [0.2, 0.25) is 5.91 Å². The summed E-state index contributed by atoms with van der Waals surface area (Å²) in [5.41, 5.74) is 2.73. The van der Waals surface area contributed by atoms with E-state index in [1.165, 1.54) is 25.7 Å². The van der Waals surface area contributed by atoms with Crippen molar-refractivity contribution in [2.45, 2.75) is 57.4 Å². The van der Waals surface area contributed by atoms with Crippen LogP contribution >= 0.6 is 0 Å². The average Bonchev–Trinajstić information content (AvgIpc) is 3.03. The molecule has 4 heteroatoms. The summed E-state index contributed by atoms with van der Waals surface area (Å²) in [5, 5.41) is 6.80. The molecule has 0 spiro atoms. The van der Waals surface area contributed by atoms with E-state index in [-0.39, 0.29) is 23.8 Å². The molecule has 0 unspecified atom stereocenters. The fraction of sp³-hybridized carbons (Fsp3) is 0.500. The lowest BCUT2D eigenvalue weighted by atomic mass is 9.76. The van der Waals surface area contributed by atoms with Crippen LogP contribution in [0.5, 0.6) is 5.75 Å². The van der Waals surface area contributed by atoms with Crippen molar-refractivity contribution in [2.75, 3.05) is 7.11 Å². The normalized spacial score (nSPS) is 25.5. The summed E-state index contributed by atoms with van der Waals surface area (Å²) in [7, 11) is 1.63. The Morgan fingerprint density at radius 1 is 1.11 bits per heavy atom. The van der Waals surface area contributed by atoms with E-state index >= 15 is 0 Å². The minimum atomic E-state index is -0.0165. The lowest BCUT2D eigenvalue weighted by Gasteiger charge is -2.40. The van der Waals surface area contributed by atoms with Crippen molar-refractivity contribution in [3.63, 3.8) is 0 Å². The topological polar surface area (TPSA) is 41.9 Å². The Morgan fingerprint density at radius 2 is 1.82 bits per heavy atom. The van der Waals surface area contributed by atoms with Gasteiger partial charge in [-0.05, 0) is 49.4 Å². The highest BCUT2D eigenvalue weighted by Gasteiger charge is 2.42. The van der Waals surface area contributed by atoms with Gasteiger partial charge in [-0.1, -0.05) is 43.8 Å². The van der Waals surface area contributed by atoms with Crippen LogP contribution in [-0.2, 0) is 4.79 Å². The molecule has 0 radical (unpaired) electrons. The van der Waals surface area contributed by atoms with Gasteiger partial charge in [0.05, 0.1) is 30.3 Å². The van der Waals surface area contributed by atoms with Crippen molar-refractivity contribution in [1.29, 1.82) is 0 Å². The highest BCUT2D eigenvalue weighted by atomic mass is 16.5. The first kappa shape index (κ1) is 18.8. The van der Waals surface area contributed by atoms with Crippen LogP contribution in [-0.4, -0.2) is 29.8 Å². The molecule has 0 saturated heterocycles. The maximum atomic E-state index is 13.3. The van der Waals surface area contributed by atoms with Crippen LogP contribution in [0, 0.1) is 24.2 Å². The zero-order valence-corrected chi connectivity index (χ0v) is 16.6. The molecule has 1 amide bonds. The van der Waals surface area contributed by atoms with E-state index in [1.807, 2.05) is 23.2 Å². The number of amides is 1. The number of benzene rings is 1. The van der Waals surface area contributed by atoms with Crippen LogP contribution in [0.25, 0.3) is 0 Å². The Balaban J connectivity index is 1.76. The van der Waals surface area contributed by atoms with Gasteiger partial charge in [-0.25, -0.2) is 5.01 Å². The lowest BCUT2D eigenvalue weighted by molar-refractivity contribution is -0.140. The van der Waals surface area contributed by atoms with Crippen LogP contribution in [0.1, 0.15) is 62.5 Å². The van der Waals surface area contributed by atoms with Crippen molar-refractivity contribution in [2.24, 2.45) is 16.9 Å². The molecule has 2 atom stereocenters. The molecule has 1 aromatic rings. The largest absolute Gasteiger partial charge is 0.495 e. The summed E-state index contributed by atoms with van der Waals surface area (Å²) in [6, 6.07) is 6.14. The first-order chi connectivity index (χ1) is 13.7. The first-order valence-corrected chi connectivity index (χ1v) is 10.4. The first-order valence-electron chi connectivity index (χ1n) is 10.4. The SMILES string of the molecule is C#Cc1cc(C2=NN(C3CCCCCC3)C(=O)[C@@H]3CC=CC[C@H]23)ccc1OC. The van der Waals surface area contributed by atoms with Gasteiger partial charge in [0.1, 0.15) is 5.75 Å². The third-order valence-corrected chi connectivity index (χ3v) is 6.36. The van der Waals surface area contributed by atoms with E-state index in [1.54, 1.807) is 7.11 Å². The van der Waals surface area contributed by atoms with Gasteiger partial charge in [-0.2, -0.15) is 5.10 Å². The Hall–Kier alpha value is -2.54. The van der Waals surface area contributed by atoms with E-state index in [0.29, 0.717) is 5.75 Å². The number of nitrogens with zero attached hydrogens (tertiary/aromatic N) is 2. The molecular weight excluding hydrogens is 348 g/mol. The Morgan fingerprint density at radius 3 is 2.50 bits per heavy atom. The second-order valence-corrected chi connectivity index (χ2v) is 8.03. The van der Waals surface area contributed by atoms with E-state index in [4.69, 9.17) is 16.3 Å². The number of hydrogen-bond donors (Lipinski definition) is 0. The number of fused-ring (bicyclic) bond motifs is 1. The molecule has 0 bridgehead atoms. The maximum absolute atomic E-state index is 13.3. The zero-order valence-electron chi connectivity index (χ0n) is 16.6. The van der Waals surface area contributed by atoms with Gasteiger partial charge in [0.25, 0.3) is 0 Å². The van der Waals surface area contributed by atoms with Crippen LogP contribution in [0.4, 0.5) is 0 Å². The predicted molar refractivity (Wildman–Crippen MR) is 111 cm³/mol. The van der Waals surface area contributed by atoms with E-state index < -0.39 is 0 Å². The van der Waals surface area contributed by atoms with Gasteiger partial charge in [-0.15, -0.1) is 6.42 Å². The molecule has 1 saturated carbocycles. The molecule has 1 heterocycles. The fourth-order valence-electron chi connectivity index (χ4n) is 4.81. The van der Waals surface area contributed by atoms with Gasteiger partial charge in [0.15, 0.2) is 0 Å². The summed E-state index contributed by atoms with van der Waals surface area (Å²) < 4.78 is 5.37. The minimum absolute atomic E-state index is 0.0165. The summed E-state index contributed by atoms with van der Waals surface area (Å²) in [4.78, 5) is 13.3. The van der Waals surface area contributed by atoms with Crippen LogP contribution in [0.2, 0.25) is 0 Å². The third-order valence-electron chi connectivity index (χ3n) is 6.36. The monoisotopic (exact) mass is 376 g/mol. The Labute approximate surface area is 167 Å². The van der Waals surface area contributed by atoms with Crippen LogP contribution in [0.15, 0.2) is 35.5 Å². The molecule has 1 fully saturated rings. The number of carbonyl (C=O) groups excluding carboxylic acids is 1. The Kier molecular flexibility index (Phi) is 5.52. The average molecular weight is 377 g/mol. The maximum Gasteiger partial charge on any atom is 0.247 e. The number of ether oxygens (including phenoxy) is 1. The van der Waals surface area contributed by atoms with Gasteiger partial charge in [-0.3, -0.25) is 4.79 Å². The summed E-state index contributed by atoms with van der Waals surface area (Å²) in [5.74, 6) is 3.72. The summed E-state index contributed by atoms with van der Waals surface area (Å²) in [6.45, 7) is 0. The van der Waals surface area contributed by atoms with Crippen molar-refractivity contribution in [3.05, 3.63) is 41.5 Å². The van der Waals surface area contributed by atoms with Gasteiger partial charge >= 0.3 is 0 Å². The number of carbonyl (C=O) groups is 1. The lowest BCUT2D eigenvalue weighted by Crippen LogP contribution is -2.49. The second kappa shape index (κ2) is 8.22. The predicted octanol–water partition coefficient (Wildman–Crippen LogP) is 4.53. The van der Waals surface area contributed by atoms with E-state index in [9.17, 15) is 4.79 Å². The molecule has 0 aromatic heterocycles. The quantitative estimate of drug-likeness (QED) is 0.442. The summed E-state index contributed by atoms with van der Waals surface area (Å²) in [6.07, 6.45) is 18.6. The molecule has 4 rings (SSSR count). The number of hydrazone groups is 1. The van der Waals surface area contributed by atoms with Gasteiger partial charge < -0.3 is 4.74 Å². The third kappa shape index (κ3) is 3.46. The summed E-state index contributed by atoms with van der Waals surface area (Å²) >= 11 is 0. The standard InChI is InChI=1S/C24H28N2O2/c1-3-17-16-18(14-15-22(17)28-2)23-20-12-8-9-13-21(20)24(27)26(25-23)19-10-6-4-5-7-11-19/h1,8-9,14-16,19-21H,4-7,10-13H2,2H3/t20-,21+/m0/s1. The number of methoxy groups -OCH3 is 1. The van der Waals surface area contributed by atoms with Crippen LogP contribution < -0.4 is 4.74 Å².